The predicted octanol–water partition coefficient (Wildman–Crippen LogP) is 1.59. The van der Waals surface area contributed by atoms with Gasteiger partial charge in [0.05, 0.1) is 31.4 Å². The van der Waals surface area contributed by atoms with E-state index < -0.39 is 10.0 Å². The largest absolute Gasteiger partial charge is 0.496 e. The van der Waals surface area contributed by atoms with Crippen molar-refractivity contribution in [2.75, 3.05) is 19.4 Å². The van der Waals surface area contributed by atoms with E-state index in [-0.39, 0.29) is 17.9 Å². The van der Waals surface area contributed by atoms with Crippen LogP contribution >= 0.6 is 0 Å². The van der Waals surface area contributed by atoms with Gasteiger partial charge in [-0.3, -0.25) is 9.36 Å². The average molecular weight is 391 g/mol. The molecule has 0 saturated carbocycles. The van der Waals surface area contributed by atoms with Crippen LogP contribution in [0.2, 0.25) is 0 Å². The maximum Gasteiger partial charge on any atom is 0.256 e. The molecule has 0 unspecified atom stereocenters. The number of hydrogen-bond donors (Lipinski definition) is 0. The normalized spacial score (nSPS) is 14.7. The van der Waals surface area contributed by atoms with Crippen LogP contribution < -0.4 is 10.3 Å². The van der Waals surface area contributed by atoms with E-state index in [0.29, 0.717) is 30.8 Å². The zero-order valence-electron chi connectivity index (χ0n) is 15.7. The number of aryl methyl sites for hydroxylation is 2. The number of rotatable bonds is 7. The van der Waals surface area contributed by atoms with Crippen molar-refractivity contribution in [1.29, 1.82) is 0 Å². The number of ether oxygens (including phenoxy) is 1. The van der Waals surface area contributed by atoms with E-state index in [0.717, 1.165) is 24.2 Å². The van der Waals surface area contributed by atoms with Gasteiger partial charge in [-0.1, -0.05) is 18.2 Å². The van der Waals surface area contributed by atoms with E-state index in [2.05, 4.69) is 4.98 Å². The van der Waals surface area contributed by atoms with Crippen LogP contribution in [0, 0.1) is 0 Å². The molecule has 0 fully saturated rings. The molecular weight excluding hydrogens is 366 g/mol. The van der Waals surface area contributed by atoms with Crippen molar-refractivity contribution in [3.63, 3.8) is 0 Å². The Morgan fingerprint density at radius 2 is 2.04 bits per heavy atom. The van der Waals surface area contributed by atoms with E-state index in [9.17, 15) is 13.2 Å². The monoisotopic (exact) mass is 391 g/mol. The molecule has 27 heavy (non-hydrogen) atoms. The summed E-state index contributed by atoms with van der Waals surface area (Å²) in [4.78, 5) is 17.1. The molecule has 1 aliphatic rings. The minimum atomic E-state index is -3.27. The van der Waals surface area contributed by atoms with Crippen LogP contribution in [-0.2, 0) is 36.0 Å². The van der Waals surface area contributed by atoms with Gasteiger partial charge in [0.1, 0.15) is 5.75 Å². The van der Waals surface area contributed by atoms with Gasteiger partial charge in [-0.05, 0) is 37.8 Å². The Bertz CT molecular complexity index is 969. The number of nitrogens with zero attached hydrogens (tertiary/aromatic N) is 3. The number of aromatic nitrogens is 2. The smallest absolute Gasteiger partial charge is 0.256 e. The Hall–Kier alpha value is -2.19. The number of sulfonamides is 1. The number of fused-ring (bicyclic) bond motifs is 1. The lowest BCUT2D eigenvalue weighted by Crippen LogP contribution is -2.40. The first-order valence-corrected chi connectivity index (χ1v) is 10.7. The lowest BCUT2D eigenvalue weighted by molar-refractivity contribution is 0.381. The molecule has 1 aromatic carbocycles. The lowest BCUT2D eigenvalue weighted by Gasteiger charge is -2.26. The summed E-state index contributed by atoms with van der Waals surface area (Å²) in [6.45, 7) is 2.71. The lowest BCUT2D eigenvalue weighted by atomic mass is 10.1. The van der Waals surface area contributed by atoms with Crippen molar-refractivity contribution in [3.8, 4) is 5.75 Å². The first-order valence-electron chi connectivity index (χ1n) is 9.13. The topological polar surface area (TPSA) is 81.5 Å². The number of methoxy groups -OCH3 is 1. The third kappa shape index (κ3) is 4.22. The zero-order chi connectivity index (χ0) is 19.4. The molecule has 0 aliphatic carbocycles. The highest BCUT2D eigenvalue weighted by atomic mass is 32.2. The number of benzene rings is 1. The summed E-state index contributed by atoms with van der Waals surface area (Å²) in [6, 6.07) is 7.86. The van der Waals surface area contributed by atoms with Gasteiger partial charge in [-0.15, -0.1) is 0 Å². The highest BCUT2D eigenvalue weighted by molar-refractivity contribution is 7.89. The first-order chi connectivity index (χ1) is 13.0. The molecule has 0 saturated heterocycles. The fourth-order valence-corrected chi connectivity index (χ4v) is 4.42. The minimum Gasteiger partial charge on any atom is -0.496 e. The molecule has 7 nitrogen and oxygen atoms in total. The van der Waals surface area contributed by atoms with Gasteiger partial charge >= 0.3 is 0 Å². The zero-order valence-corrected chi connectivity index (χ0v) is 16.5. The van der Waals surface area contributed by atoms with Crippen LogP contribution in [0.5, 0.6) is 5.75 Å². The van der Waals surface area contributed by atoms with Crippen LogP contribution in [0.3, 0.4) is 0 Å². The van der Waals surface area contributed by atoms with Crippen molar-refractivity contribution in [3.05, 3.63) is 57.8 Å². The second kappa shape index (κ2) is 8.22. The van der Waals surface area contributed by atoms with Crippen molar-refractivity contribution < 1.29 is 13.2 Å². The van der Waals surface area contributed by atoms with Gasteiger partial charge in [0.15, 0.2) is 0 Å². The Morgan fingerprint density at radius 3 is 2.78 bits per heavy atom. The Balaban J connectivity index is 1.70. The van der Waals surface area contributed by atoms with E-state index >= 15 is 0 Å². The minimum absolute atomic E-state index is 0.0579. The van der Waals surface area contributed by atoms with E-state index in [1.54, 1.807) is 18.6 Å². The van der Waals surface area contributed by atoms with Crippen LogP contribution in [-0.4, -0.2) is 41.7 Å². The molecule has 0 atom stereocenters. The molecule has 3 rings (SSSR count). The van der Waals surface area contributed by atoms with Crippen LogP contribution in [0.25, 0.3) is 0 Å². The average Bonchev–Trinajstić information content (AvgIpc) is 2.69. The molecule has 0 spiro atoms. The van der Waals surface area contributed by atoms with Gasteiger partial charge in [0.2, 0.25) is 10.0 Å². The fraction of sp³-hybridized carbons (Fsp3) is 0.474. The van der Waals surface area contributed by atoms with Crippen LogP contribution in [0.15, 0.2) is 35.4 Å². The van der Waals surface area contributed by atoms with Gasteiger partial charge in [-0.2, -0.15) is 4.31 Å². The SMILES string of the molecule is CCS(=O)(=O)N1CCc2c(ncn(CCCc3ccccc3OC)c2=O)C1. The van der Waals surface area contributed by atoms with E-state index in [1.165, 1.54) is 10.6 Å². The van der Waals surface area contributed by atoms with Crippen molar-refractivity contribution in [2.45, 2.75) is 39.3 Å². The fourth-order valence-electron chi connectivity index (χ4n) is 3.37. The van der Waals surface area contributed by atoms with E-state index in [1.807, 2.05) is 24.3 Å². The van der Waals surface area contributed by atoms with Crippen LogP contribution in [0.4, 0.5) is 0 Å². The van der Waals surface area contributed by atoms with E-state index in [4.69, 9.17) is 4.74 Å². The van der Waals surface area contributed by atoms with Gasteiger partial charge < -0.3 is 4.74 Å². The maximum absolute atomic E-state index is 12.7. The molecule has 1 aliphatic heterocycles. The standard InChI is InChI=1S/C19H25N3O4S/c1-3-27(24,25)22-12-10-16-17(13-22)20-14-21(19(16)23)11-6-8-15-7-4-5-9-18(15)26-2/h4-5,7,9,14H,3,6,8,10-13H2,1-2H3. The van der Waals surface area contributed by atoms with Crippen LogP contribution in [0.1, 0.15) is 30.2 Å². The highest BCUT2D eigenvalue weighted by Crippen LogP contribution is 2.19. The van der Waals surface area contributed by atoms with Crippen molar-refractivity contribution in [1.82, 2.24) is 13.9 Å². The molecule has 0 amide bonds. The first kappa shape index (κ1) is 19.6. The molecule has 0 N–H and O–H groups in total. The molecule has 2 heterocycles. The maximum atomic E-state index is 12.7. The van der Waals surface area contributed by atoms with Gasteiger partial charge in [0.25, 0.3) is 5.56 Å². The quantitative estimate of drug-likeness (QED) is 0.716. The summed E-state index contributed by atoms with van der Waals surface area (Å²) in [5.74, 6) is 0.910. The van der Waals surface area contributed by atoms with Gasteiger partial charge in [0, 0.05) is 18.7 Å². The molecule has 0 radical (unpaired) electrons. The summed E-state index contributed by atoms with van der Waals surface area (Å²) in [5, 5.41) is 0. The molecule has 2 aromatic rings. The summed E-state index contributed by atoms with van der Waals surface area (Å²) < 4.78 is 32.5. The third-order valence-corrected chi connectivity index (χ3v) is 6.78. The molecule has 1 aromatic heterocycles. The van der Waals surface area contributed by atoms with Crippen molar-refractivity contribution in [2.24, 2.45) is 0 Å². The Labute approximate surface area is 159 Å². The Kier molecular flexibility index (Phi) is 5.96. The predicted molar refractivity (Wildman–Crippen MR) is 103 cm³/mol. The highest BCUT2D eigenvalue weighted by Gasteiger charge is 2.27. The Morgan fingerprint density at radius 1 is 1.26 bits per heavy atom. The third-order valence-electron chi connectivity index (χ3n) is 4.95. The van der Waals surface area contributed by atoms with Crippen molar-refractivity contribution >= 4 is 10.0 Å². The molecule has 146 valence electrons. The second-order valence-corrected chi connectivity index (χ2v) is 8.83. The summed E-state index contributed by atoms with van der Waals surface area (Å²) in [5.41, 5.74) is 2.26. The molecule has 8 heteroatoms. The number of hydrogen-bond acceptors (Lipinski definition) is 5. The summed E-state index contributed by atoms with van der Waals surface area (Å²) >= 11 is 0. The molecule has 0 bridgehead atoms. The summed E-state index contributed by atoms with van der Waals surface area (Å²) in [6.07, 6.45) is 3.53. The summed E-state index contributed by atoms with van der Waals surface area (Å²) in [7, 11) is -1.61. The second-order valence-electron chi connectivity index (χ2n) is 6.57. The number of para-hydroxylation sites is 1. The van der Waals surface area contributed by atoms with Gasteiger partial charge in [-0.25, -0.2) is 13.4 Å². The molecular formula is C19H25N3O4S.